The SMILES string of the molecule is Cn1cc(C#N)cc1C(=O)N[C@@H](Cn1ccnc1)C(C)(C)C. The second kappa shape index (κ2) is 6.06. The summed E-state index contributed by atoms with van der Waals surface area (Å²) in [6, 6.07) is 3.59. The quantitative estimate of drug-likeness (QED) is 0.937. The van der Waals surface area contributed by atoms with Gasteiger partial charge in [-0.15, -0.1) is 0 Å². The summed E-state index contributed by atoms with van der Waals surface area (Å²) in [6.07, 6.45) is 6.98. The largest absolute Gasteiger partial charge is 0.346 e. The molecule has 0 spiro atoms. The highest BCUT2D eigenvalue weighted by molar-refractivity contribution is 5.93. The van der Waals surface area contributed by atoms with E-state index in [0.717, 1.165) is 0 Å². The molecular formula is C16H21N5O. The standard InChI is InChI=1S/C16H21N5O/c1-16(2,3)14(10-21-6-5-18-11-21)19-15(22)13-7-12(8-17)9-20(13)4/h5-7,9,11,14H,10H2,1-4H3,(H,19,22)/t14-/m0/s1. The van der Waals surface area contributed by atoms with E-state index in [4.69, 9.17) is 5.26 Å². The molecule has 1 amide bonds. The number of imidazole rings is 1. The van der Waals surface area contributed by atoms with Gasteiger partial charge in [-0.3, -0.25) is 4.79 Å². The Hall–Kier alpha value is -2.55. The highest BCUT2D eigenvalue weighted by Gasteiger charge is 2.27. The molecule has 22 heavy (non-hydrogen) atoms. The fourth-order valence-electron chi connectivity index (χ4n) is 2.23. The minimum absolute atomic E-state index is 0.0605. The summed E-state index contributed by atoms with van der Waals surface area (Å²) >= 11 is 0. The van der Waals surface area contributed by atoms with E-state index >= 15 is 0 Å². The number of carbonyl (C=O) groups excluding carboxylic acids is 1. The highest BCUT2D eigenvalue weighted by Crippen LogP contribution is 2.21. The molecule has 0 aliphatic carbocycles. The molecule has 0 fully saturated rings. The molecule has 6 nitrogen and oxygen atoms in total. The summed E-state index contributed by atoms with van der Waals surface area (Å²) in [4.78, 5) is 16.5. The summed E-state index contributed by atoms with van der Waals surface area (Å²) in [5.74, 6) is -0.177. The maximum Gasteiger partial charge on any atom is 0.268 e. The van der Waals surface area contributed by atoms with Gasteiger partial charge in [-0.1, -0.05) is 20.8 Å². The first kappa shape index (κ1) is 15.8. The zero-order chi connectivity index (χ0) is 16.3. The Morgan fingerprint density at radius 3 is 2.73 bits per heavy atom. The van der Waals surface area contributed by atoms with Crippen LogP contribution in [0.2, 0.25) is 0 Å². The minimum atomic E-state index is -0.177. The third-order valence-electron chi connectivity index (χ3n) is 3.67. The van der Waals surface area contributed by atoms with Gasteiger partial charge in [0, 0.05) is 32.2 Å². The number of aryl methyl sites for hydroxylation is 1. The van der Waals surface area contributed by atoms with Crippen molar-refractivity contribution in [2.75, 3.05) is 0 Å². The maximum atomic E-state index is 12.5. The average molecular weight is 299 g/mol. The molecule has 2 rings (SSSR count). The number of aromatic nitrogens is 3. The topological polar surface area (TPSA) is 75.6 Å². The molecule has 0 saturated carbocycles. The molecule has 0 aliphatic rings. The van der Waals surface area contributed by atoms with Gasteiger partial charge in [0.2, 0.25) is 0 Å². The Bertz CT molecular complexity index is 685. The monoisotopic (exact) mass is 299 g/mol. The van der Waals surface area contributed by atoms with Crippen molar-refractivity contribution in [1.82, 2.24) is 19.4 Å². The fourth-order valence-corrected chi connectivity index (χ4v) is 2.23. The van der Waals surface area contributed by atoms with Crippen molar-refractivity contribution in [2.24, 2.45) is 12.5 Å². The van der Waals surface area contributed by atoms with Crippen LogP contribution in [-0.2, 0) is 13.6 Å². The van der Waals surface area contributed by atoms with Gasteiger partial charge in [0.25, 0.3) is 5.91 Å². The lowest BCUT2D eigenvalue weighted by Crippen LogP contribution is -2.46. The molecule has 1 N–H and O–H groups in total. The zero-order valence-electron chi connectivity index (χ0n) is 13.4. The molecule has 116 valence electrons. The van der Waals surface area contributed by atoms with Crippen LogP contribution in [0.25, 0.3) is 0 Å². The van der Waals surface area contributed by atoms with Crippen molar-refractivity contribution in [3.63, 3.8) is 0 Å². The Morgan fingerprint density at radius 1 is 1.50 bits per heavy atom. The fraction of sp³-hybridized carbons (Fsp3) is 0.438. The first-order valence-electron chi connectivity index (χ1n) is 7.14. The molecule has 0 bridgehead atoms. The Labute approximate surface area is 130 Å². The van der Waals surface area contributed by atoms with Crippen LogP contribution in [0.3, 0.4) is 0 Å². The molecule has 0 radical (unpaired) electrons. The van der Waals surface area contributed by atoms with Crippen LogP contribution in [0, 0.1) is 16.7 Å². The maximum absolute atomic E-state index is 12.5. The molecule has 0 unspecified atom stereocenters. The van der Waals surface area contributed by atoms with Crippen molar-refractivity contribution in [3.05, 3.63) is 42.2 Å². The van der Waals surface area contributed by atoms with Gasteiger partial charge in [-0.25, -0.2) is 4.98 Å². The van der Waals surface area contributed by atoms with Crippen LogP contribution < -0.4 is 5.32 Å². The Balaban J connectivity index is 2.17. The Morgan fingerprint density at radius 2 is 2.23 bits per heavy atom. The van der Waals surface area contributed by atoms with Crippen LogP contribution in [-0.4, -0.2) is 26.1 Å². The molecule has 2 aromatic rings. The first-order chi connectivity index (χ1) is 10.3. The van der Waals surface area contributed by atoms with E-state index in [-0.39, 0.29) is 17.4 Å². The number of hydrogen-bond acceptors (Lipinski definition) is 3. The molecular weight excluding hydrogens is 278 g/mol. The zero-order valence-corrected chi connectivity index (χ0v) is 13.4. The number of nitrogens with zero attached hydrogens (tertiary/aromatic N) is 4. The van der Waals surface area contributed by atoms with Crippen LogP contribution in [0.15, 0.2) is 31.0 Å². The summed E-state index contributed by atoms with van der Waals surface area (Å²) in [5, 5.41) is 12.0. The lowest BCUT2D eigenvalue weighted by atomic mass is 9.86. The van der Waals surface area contributed by atoms with Crippen molar-refractivity contribution in [3.8, 4) is 6.07 Å². The normalized spacial score (nSPS) is 12.7. The molecule has 2 heterocycles. The van der Waals surface area contributed by atoms with Crippen molar-refractivity contribution < 1.29 is 4.79 Å². The number of hydrogen-bond donors (Lipinski definition) is 1. The van der Waals surface area contributed by atoms with E-state index < -0.39 is 0 Å². The van der Waals surface area contributed by atoms with E-state index in [2.05, 4.69) is 31.1 Å². The second-order valence-corrected chi connectivity index (χ2v) is 6.49. The average Bonchev–Trinajstić information content (AvgIpc) is 3.06. The van der Waals surface area contributed by atoms with E-state index in [1.807, 2.05) is 16.8 Å². The number of carbonyl (C=O) groups is 1. The molecule has 6 heteroatoms. The lowest BCUT2D eigenvalue weighted by molar-refractivity contribution is 0.0884. The second-order valence-electron chi connectivity index (χ2n) is 6.49. The van der Waals surface area contributed by atoms with E-state index in [1.165, 1.54) is 0 Å². The van der Waals surface area contributed by atoms with E-state index in [1.54, 1.807) is 36.4 Å². The molecule has 0 aromatic carbocycles. The predicted octanol–water partition coefficient (Wildman–Crippen LogP) is 1.94. The van der Waals surface area contributed by atoms with Gasteiger partial charge >= 0.3 is 0 Å². The van der Waals surface area contributed by atoms with Gasteiger partial charge in [0.1, 0.15) is 11.8 Å². The summed E-state index contributed by atoms with van der Waals surface area (Å²) in [6.45, 7) is 6.90. The first-order valence-corrected chi connectivity index (χ1v) is 7.14. The van der Waals surface area contributed by atoms with Crippen LogP contribution in [0.4, 0.5) is 0 Å². The molecule has 0 aliphatic heterocycles. The lowest BCUT2D eigenvalue weighted by Gasteiger charge is -2.31. The van der Waals surface area contributed by atoms with Crippen molar-refractivity contribution in [1.29, 1.82) is 5.26 Å². The van der Waals surface area contributed by atoms with Crippen molar-refractivity contribution in [2.45, 2.75) is 33.4 Å². The van der Waals surface area contributed by atoms with Crippen LogP contribution >= 0.6 is 0 Å². The summed E-state index contributed by atoms with van der Waals surface area (Å²) < 4.78 is 3.62. The van der Waals surface area contributed by atoms with E-state index in [0.29, 0.717) is 17.8 Å². The third-order valence-corrected chi connectivity index (χ3v) is 3.67. The molecule has 0 saturated heterocycles. The summed E-state index contributed by atoms with van der Waals surface area (Å²) in [5.41, 5.74) is 0.856. The van der Waals surface area contributed by atoms with Gasteiger partial charge < -0.3 is 14.5 Å². The third kappa shape index (κ3) is 3.55. The van der Waals surface area contributed by atoms with Gasteiger partial charge in [0.05, 0.1) is 17.9 Å². The van der Waals surface area contributed by atoms with Gasteiger partial charge in [-0.2, -0.15) is 5.26 Å². The highest BCUT2D eigenvalue weighted by atomic mass is 16.2. The van der Waals surface area contributed by atoms with E-state index in [9.17, 15) is 4.79 Å². The number of rotatable bonds is 4. The Kier molecular flexibility index (Phi) is 4.36. The number of nitrogens with one attached hydrogen (secondary N) is 1. The van der Waals surface area contributed by atoms with Crippen LogP contribution in [0.5, 0.6) is 0 Å². The van der Waals surface area contributed by atoms with Gasteiger partial charge in [0.15, 0.2) is 0 Å². The number of nitriles is 1. The minimum Gasteiger partial charge on any atom is -0.346 e. The molecule has 1 atom stereocenters. The molecule has 2 aromatic heterocycles. The number of amides is 1. The van der Waals surface area contributed by atoms with Gasteiger partial charge in [-0.05, 0) is 11.5 Å². The predicted molar refractivity (Wildman–Crippen MR) is 83.1 cm³/mol. The van der Waals surface area contributed by atoms with Crippen LogP contribution in [0.1, 0.15) is 36.8 Å². The summed E-state index contributed by atoms with van der Waals surface area (Å²) in [7, 11) is 1.76. The van der Waals surface area contributed by atoms with Crippen molar-refractivity contribution >= 4 is 5.91 Å². The smallest absolute Gasteiger partial charge is 0.268 e.